The van der Waals surface area contributed by atoms with Crippen molar-refractivity contribution in [1.29, 1.82) is 0 Å². The molecule has 0 aliphatic rings. The summed E-state index contributed by atoms with van der Waals surface area (Å²) in [6.07, 6.45) is 0. The van der Waals surface area contributed by atoms with Gasteiger partial charge in [-0.1, -0.05) is 176 Å². The Morgan fingerprint density at radius 2 is 0.465 bits per heavy atom. The third-order valence-corrected chi connectivity index (χ3v) is 8.23. The Balaban J connectivity index is 1.83. The first kappa shape index (κ1) is 26.4. The van der Waals surface area contributed by atoms with E-state index in [9.17, 15) is 0 Å². The van der Waals surface area contributed by atoms with Gasteiger partial charge in [0.15, 0.2) is 0 Å². The van der Waals surface area contributed by atoms with Gasteiger partial charge in [-0.2, -0.15) is 0 Å². The molecule has 204 valence electrons. The minimum Gasteiger partial charge on any atom is -0.0622 e. The number of hydrogen-bond acceptors (Lipinski definition) is 0. The normalized spacial score (nSPS) is 10.9. The third kappa shape index (κ3) is 4.98. The van der Waals surface area contributed by atoms with Crippen molar-refractivity contribution < 1.29 is 0 Å². The summed E-state index contributed by atoms with van der Waals surface area (Å²) < 4.78 is 0. The molecule has 0 aliphatic heterocycles. The average molecular weight is 549 g/mol. The van der Waals surface area contributed by atoms with Crippen LogP contribution in [0.15, 0.2) is 176 Å². The van der Waals surface area contributed by atoms with Gasteiger partial charge >= 0.3 is 0 Å². The van der Waals surface area contributed by atoms with E-state index in [1.54, 1.807) is 0 Å². The van der Waals surface area contributed by atoms with Gasteiger partial charge in [0.1, 0.15) is 0 Å². The topological polar surface area (TPSA) is 0 Å². The van der Waals surface area contributed by atoms with Crippen molar-refractivity contribution in [2.24, 2.45) is 0 Å². The molecule has 7 rings (SSSR count). The summed E-state index contributed by atoms with van der Waals surface area (Å²) in [6.45, 7) is 2.23. The summed E-state index contributed by atoms with van der Waals surface area (Å²) in [4.78, 5) is 0. The Kier molecular flexibility index (Phi) is 7.26. The quantitative estimate of drug-likeness (QED) is 0.194. The van der Waals surface area contributed by atoms with Gasteiger partial charge in [0.25, 0.3) is 0 Å². The molecule has 0 nitrogen and oxygen atoms in total. The molecule has 7 aromatic carbocycles. The van der Waals surface area contributed by atoms with Gasteiger partial charge in [0.05, 0.1) is 0 Å². The SMILES string of the molecule is Cc1ccccc1-c1c(-c2ccccc2)c(-c2ccccc2)c(-c2ccccc2)c(-c2ccccc2)c1-c1ccccc1. The summed E-state index contributed by atoms with van der Waals surface area (Å²) in [7, 11) is 0. The number of benzene rings is 7. The zero-order valence-corrected chi connectivity index (χ0v) is 24.2. The molecule has 0 amide bonds. The second-order valence-electron chi connectivity index (χ2n) is 10.9. The van der Waals surface area contributed by atoms with Crippen LogP contribution in [0.1, 0.15) is 5.56 Å². The van der Waals surface area contributed by atoms with Crippen LogP contribution >= 0.6 is 0 Å². The van der Waals surface area contributed by atoms with Crippen molar-refractivity contribution in [3.63, 3.8) is 0 Å². The lowest BCUT2D eigenvalue weighted by atomic mass is 9.73. The highest BCUT2D eigenvalue weighted by molar-refractivity contribution is 6.15. The lowest BCUT2D eigenvalue weighted by Gasteiger charge is -2.29. The van der Waals surface area contributed by atoms with Crippen LogP contribution in [-0.4, -0.2) is 0 Å². The summed E-state index contributed by atoms with van der Waals surface area (Å²) in [5, 5.41) is 0. The van der Waals surface area contributed by atoms with E-state index in [0.717, 1.165) is 0 Å². The molecule has 0 N–H and O–H groups in total. The van der Waals surface area contributed by atoms with Crippen LogP contribution in [0.25, 0.3) is 66.8 Å². The Morgan fingerprint density at radius 1 is 0.233 bits per heavy atom. The molecule has 0 saturated carbocycles. The van der Waals surface area contributed by atoms with Crippen molar-refractivity contribution in [1.82, 2.24) is 0 Å². The van der Waals surface area contributed by atoms with Gasteiger partial charge in [0.2, 0.25) is 0 Å². The fraction of sp³-hybridized carbons (Fsp3) is 0.0233. The van der Waals surface area contributed by atoms with Crippen molar-refractivity contribution in [3.05, 3.63) is 181 Å². The van der Waals surface area contributed by atoms with Crippen LogP contribution in [0.3, 0.4) is 0 Å². The first-order valence-electron chi connectivity index (χ1n) is 14.9. The molecule has 0 spiro atoms. The van der Waals surface area contributed by atoms with E-state index in [-0.39, 0.29) is 0 Å². The van der Waals surface area contributed by atoms with Gasteiger partial charge in [-0.15, -0.1) is 0 Å². The first-order chi connectivity index (χ1) is 21.3. The summed E-state index contributed by atoms with van der Waals surface area (Å²) in [5.74, 6) is 0. The van der Waals surface area contributed by atoms with Crippen LogP contribution in [-0.2, 0) is 0 Å². The van der Waals surface area contributed by atoms with Crippen molar-refractivity contribution in [3.8, 4) is 66.8 Å². The second kappa shape index (κ2) is 11.8. The number of rotatable bonds is 6. The maximum absolute atomic E-state index is 2.29. The molecule has 0 saturated heterocycles. The van der Waals surface area contributed by atoms with Crippen molar-refractivity contribution >= 4 is 0 Å². The molecule has 0 heteroatoms. The zero-order valence-electron chi connectivity index (χ0n) is 24.2. The molecular formula is C43H32. The van der Waals surface area contributed by atoms with Crippen LogP contribution in [0, 0.1) is 6.92 Å². The van der Waals surface area contributed by atoms with Crippen molar-refractivity contribution in [2.75, 3.05) is 0 Å². The summed E-state index contributed by atoms with van der Waals surface area (Å²) in [5.41, 5.74) is 16.0. The fourth-order valence-corrected chi connectivity index (χ4v) is 6.34. The Hall–Kier alpha value is -5.46. The molecule has 0 fully saturated rings. The molecule has 0 aromatic heterocycles. The van der Waals surface area contributed by atoms with Gasteiger partial charge in [-0.25, -0.2) is 0 Å². The molecule has 0 heterocycles. The second-order valence-corrected chi connectivity index (χ2v) is 10.9. The summed E-state index contributed by atoms with van der Waals surface area (Å²) >= 11 is 0. The number of hydrogen-bond donors (Lipinski definition) is 0. The average Bonchev–Trinajstić information content (AvgIpc) is 3.09. The van der Waals surface area contributed by atoms with Gasteiger partial charge < -0.3 is 0 Å². The van der Waals surface area contributed by atoms with E-state index in [0.29, 0.717) is 0 Å². The Morgan fingerprint density at radius 3 is 0.744 bits per heavy atom. The maximum Gasteiger partial charge on any atom is -0.00112 e. The van der Waals surface area contributed by atoms with Gasteiger partial charge in [-0.3, -0.25) is 0 Å². The highest BCUT2D eigenvalue weighted by atomic mass is 14.3. The zero-order chi connectivity index (χ0) is 29.0. The van der Waals surface area contributed by atoms with E-state index < -0.39 is 0 Å². The third-order valence-electron chi connectivity index (χ3n) is 8.23. The van der Waals surface area contributed by atoms with Crippen LogP contribution in [0.4, 0.5) is 0 Å². The molecule has 43 heavy (non-hydrogen) atoms. The first-order valence-corrected chi connectivity index (χ1v) is 14.9. The lowest BCUT2D eigenvalue weighted by Crippen LogP contribution is -2.02. The van der Waals surface area contributed by atoms with E-state index in [1.807, 2.05) is 0 Å². The predicted octanol–water partition coefficient (Wildman–Crippen LogP) is 12.0. The van der Waals surface area contributed by atoms with E-state index in [2.05, 4.69) is 183 Å². The highest BCUT2D eigenvalue weighted by Gasteiger charge is 2.29. The monoisotopic (exact) mass is 548 g/mol. The fourth-order valence-electron chi connectivity index (χ4n) is 6.34. The Labute approximate surface area is 254 Å². The standard InChI is InChI=1S/C43H32/c1-31-19-17-18-30-37(31)43-41(35-26-13-5-14-27-35)39(33-22-9-3-10-23-33)38(32-20-7-2-8-21-32)40(34-24-11-4-12-25-34)42(43)36-28-15-6-16-29-36/h2-30H,1H3. The highest BCUT2D eigenvalue weighted by Crippen LogP contribution is 2.56. The summed E-state index contributed by atoms with van der Waals surface area (Å²) in [6, 6.07) is 63.4. The molecule has 0 bridgehead atoms. The van der Waals surface area contributed by atoms with Gasteiger partial charge in [-0.05, 0) is 79.2 Å². The molecule has 0 unspecified atom stereocenters. The smallest absolute Gasteiger partial charge is 0.00112 e. The Bertz CT molecular complexity index is 1870. The van der Waals surface area contributed by atoms with Crippen LogP contribution in [0.2, 0.25) is 0 Å². The molecule has 7 aromatic rings. The predicted molar refractivity (Wildman–Crippen MR) is 184 cm³/mol. The van der Waals surface area contributed by atoms with E-state index in [4.69, 9.17) is 0 Å². The molecular weight excluding hydrogens is 516 g/mol. The lowest BCUT2D eigenvalue weighted by molar-refractivity contribution is 1.45. The molecule has 0 atom stereocenters. The number of aryl methyl sites for hydroxylation is 1. The maximum atomic E-state index is 2.29. The van der Waals surface area contributed by atoms with Crippen LogP contribution in [0.5, 0.6) is 0 Å². The molecule has 0 radical (unpaired) electrons. The van der Waals surface area contributed by atoms with E-state index >= 15 is 0 Å². The van der Waals surface area contributed by atoms with Crippen LogP contribution < -0.4 is 0 Å². The molecule has 0 aliphatic carbocycles. The minimum atomic E-state index is 1.20. The van der Waals surface area contributed by atoms with E-state index in [1.165, 1.54) is 72.3 Å². The minimum absolute atomic E-state index is 1.20. The van der Waals surface area contributed by atoms with Gasteiger partial charge in [0, 0.05) is 0 Å². The van der Waals surface area contributed by atoms with Crippen molar-refractivity contribution in [2.45, 2.75) is 6.92 Å². The largest absolute Gasteiger partial charge is 0.0622 e.